The minimum absolute atomic E-state index is 0.0291. The number of carbonyl (C=O) groups excluding carboxylic acids is 1. The zero-order chi connectivity index (χ0) is 22.2. The second-order valence-electron chi connectivity index (χ2n) is 8.24. The maximum atomic E-state index is 12.3. The minimum atomic E-state index is -0.896. The lowest BCUT2D eigenvalue weighted by Gasteiger charge is -2.23. The van der Waals surface area contributed by atoms with Crippen molar-refractivity contribution in [1.82, 2.24) is 4.90 Å². The number of carboxylic acids is 1. The second-order valence-corrected chi connectivity index (χ2v) is 9.41. The lowest BCUT2D eigenvalue weighted by atomic mass is 9.95. The molecule has 1 aromatic heterocycles. The summed E-state index contributed by atoms with van der Waals surface area (Å²) in [4.78, 5) is 26.6. The number of aliphatic hydroxyl groups is 1. The van der Waals surface area contributed by atoms with Gasteiger partial charge in [-0.15, -0.1) is 11.3 Å². The van der Waals surface area contributed by atoms with Crippen LogP contribution < -0.4 is 0 Å². The highest BCUT2D eigenvalue weighted by Crippen LogP contribution is 2.23. The average Bonchev–Trinajstić information content (AvgIpc) is 3.38. The monoisotopic (exact) mass is 441 g/mol. The molecular weight excluding hydrogens is 410 g/mol. The Morgan fingerprint density at radius 1 is 1.23 bits per heavy atom. The highest BCUT2D eigenvalue weighted by Gasteiger charge is 2.28. The van der Waals surface area contributed by atoms with Crippen LogP contribution in [0.25, 0.3) is 0 Å². The van der Waals surface area contributed by atoms with Gasteiger partial charge in [-0.05, 0) is 55.7 Å². The molecule has 166 valence electrons. The number of aryl methyl sites for hydroxylation is 2. The fraction of sp³-hybridized carbons (Fsp3) is 0.440. The molecule has 1 saturated heterocycles. The number of nitrogens with zero attached hydrogens (tertiary/aromatic N) is 1. The van der Waals surface area contributed by atoms with Crippen LogP contribution in [0.4, 0.5) is 0 Å². The maximum absolute atomic E-state index is 12.3. The van der Waals surface area contributed by atoms with E-state index in [2.05, 4.69) is 19.1 Å². The Morgan fingerprint density at radius 2 is 2.00 bits per heavy atom. The highest BCUT2D eigenvalue weighted by molar-refractivity contribution is 7.13. The quantitative estimate of drug-likeness (QED) is 0.501. The number of aliphatic hydroxyl groups excluding tert-OH is 1. The normalized spacial score (nSPS) is 18.6. The highest BCUT2D eigenvalue weighted by atomic mass is 32.1. The predicted molar refractivity (Wildman–Crippen MR) is 123 cm³/mol. The molecule has 0 unspecified atom stereocenters. The summed E-state index contributed by atoms with van der Waals surface area (Å²) in [5, 5.41) is 19.6. The Balaban J connectivity index is 1.46. The van der Waals surface area contributed by atoms with Gasteiger partial charge >= 0.3 is 5.97 Å². The molecule has 0 bridgehead atoms. The first-order chi connectivity index (χ1) is 14.9. The van der Waals surface area contributed by atoms with Crippen LogP contribution >= 0.6 is 11.3 Å². The summed E-state index contributed by atoms with van der Waals surface area (Å²) in [6.45, 7) is 2.70. The summed E-state index contributed by atoms with van der Waals surface area (Å²) >= 11 is 1.30. The van der Waals surface area contributed by atoms with Crippen molar-refractivity contribution in [1.29, 1.82) is 0 Å². The van der Waals surface area contributed by atoms with Crippen molar-refractivity contribution < 1.29 is 19.8 Å². The van der Waals surface area contributed by atoms with E-state index in [9.17, 15) is 14.7 Å². The third-order valence-electron chi connectivity index (χ3n) is 5.91. The van der Waals surface area contributed by atoms with E-state index in [4.69, 9.17) is 5.11 Å². The zero-order valence-corrected chi connectivity index (χ0v) is 18.8. The summed E-state index contributed by atoms with van der Waals surface area (Å²) in [6.07, 6.45) is 8.03. The number of carboxylic acid groups (broad SMARTS) is 1. The Morgan fingerprint density at radius 3 is 2.71 bits per heavy atom. The number of aromatic carboxylic acids is 1. The number of benzene rings is 1. The molecule has 5 nitrogen and oxygen atoms in total. The summed E-state index contributed by atoms with van der Waals surface area (Å²) in [7, 11) is 0. The van der Waals surface area contributed by atoms with Gasteiger partial charge in [-0.3, -0.25) is 4.79 Å². The molecule has 2 N–H and O–H groups in total. The fourth-order valence-corrected chi connectivity index (χ4v) is 4.83. The van der Waals surface area contributed by atoms with Crippen LogP contribution in [0.3, 0.4) is 0 Å². The molecule has 0 radical (unpaired) electrons. The van der Waals surface area contributed by atoms with Gasteiger partial charge in [0.25, 0.3) is 0 Å². The SMILES string of the molecule is C[C@H](CCc1ccccc1)[C@H](O)C=C[C@H]1CCC(=O)N1CCCc1ccc(C(=O)O)s1. The summed E-state index contributed by atoms with van der Waals surface area (Å²) in [5.41, 5.74) is 1.28. The van der Waals surface area contributed by atoms with Crippen molar-refractivity contribution in [3.8, 4) is 0 Å². The topological polar surface area (TPSA) is 77.8 Å². The molecule has 1 aliphatic heterocycles. The maximum Gasteiger partial charge on any atom is 0.345 e. The molecule has 6 heteroatoms. The first-order valence-electron chi connectivity index (χ1n) is 11.0. The van der Waals surface area contributed by atoms with Crippen LogP contribution in [-0.4, -0.2) is 45.7 Å². The molecule has 2 heterocycles. The number of hydrogen-bond donors (Lipinski definition) is 2. The Bertz CT molecular complexity index is 892. The van der Waals surface area contributed by atoms with Gasteiger partial charge in [0.05, 0.1) is 12.1 Å². The standard InChI is InChI=1S/C25H31NO4S/c1-18(9-10-19-6-3-2-4-7-19)22(27)14-11-20-12-16-24(28)26(20)17-5-8-21-13-15-23(31-21)25(29)30/h2-4,6-7,11,13-15,18,20,22,27H,5,8-10,12,16-17H2,1H3,(H,29,30)/t18-,20+,22-/m1/s1. The molecule has 0 saturated carbocycles. The predicted octanol–water partition coefficient (Wildman–Crippen LogP) is 4.56. The first-order valence-corrected chi connectivity index (χ1v) is 11.8. The van der Waals surface area contributed by atoms with Crippen LogP contribution in [0.2, 0.25) is 0 Å². The minimum Gasteiger partial charge on any atom is -0.477 e. The summed E-state index contributed by atoms with van der Waals surface area (Å²) in [5.74, 6) is -0.601. The molecule has 2 aromatic rings. The van der Waals surface area contributed by atoms with Gasteiger partial charge in [0.2, 0.25) is 5.91 Å². The molecule has 1 amide bonds. The van der Waals surface area contributed by atoms with Gasteiger partial charge < -0.3 is 15.1 Å². The third kappa shape index (κ3) is 6.77. The van der Waals surface area contributed by atoms with E-state index >= 15 is 0 Å². The number of amides is 1. The van der Waals surface area contributed by atoms with E-state index in [1.807, 2.05) is 41.3 Å². The van der Waals surface area contributed by atoms with Gasteiger partial charge in [0.1, 0.15) is 4.88 Å². The van der Waals surface area contributed by atoms with Gasteiger partial charge in [0.15, 0.2) is 0 Å². The van der Waals surface area contributed by atoms with Crippen molar-refractivity contribution >= 4 is 23.2 Å². The van der Waals surface area contributed by atoms with Gasteiger partial charge in [0, 0.05) is 17.8 Å². The molecule has 1 aromatic carbocycles. The Hall–Kier alpha value is -2.44. The molecule has 1 fully saturated rings. The largest absolute Gasteiger partial charge is 0.477 e. The molecule has 0 spiro atoms. The van der Waals surface area contributed by atoms with Crippen molar-refractivity contribution in [2.75, 3.05) is 6.54 Å². The van der Waals surface area contributed by atoms with Crippen molar-refractivity contribution in [3.05, 3.63) is 69.9 Å². The van der Waals surface area contributed by atoms with Crippen molar-refractivity contribution in [2.24, 2.45) is 5.92 Å². The fourth-order valence-electron chi connectivity index (χ4n) is 3.94. The molecular formula is C25H31NO4S. The first kappa shape index (κ1) is 23.2. The molecule has 3 atom stereocenters. The molecule has 31 heavy (non-hydrogen) atoms. The van der Waals surface area contributed by atoms with E-state index in [-0.39, 0.29) is 17.9 Å². The summed E-state index contributed by atoms with van der Waals surface area (Å²) in [6, 6.07) is 13.8. The van der Waals surface area contributed by atoms with Gasteiger partial charge in [-0.25, -0.2) is 4.79 Å². The average molecular weight is 442 g/mol. The lowest BCUT2D eigenvalue weighted by molar-refractivity contribution is -0.128. The van der Waals surface area contributed by atoms with E-state index in [0.29, 0.717) is 17.8 Å². The van der Waals surface area contributed by atoms with Gasteiger partial charge in [-0.2, -0.15) is 0 Å². The van der Waals surface area contributed by atoms with E-state index in [1.54, 1.807) is 6.07 Å². The number of likely N-dealkylation sites (tertiary alicyclic amines) is 1. The number of rotatable bonds is 11. The molecule has 0 aliphatic carbocycles. The van der Waals surface area contributed by atoms with E-state index < -0.39 is 12.1 Å². The Labute approximate surface area is 188 Å². The van der Waals surface area contributed by atoms with Crippen LogP contribution in [0, 0.1) is 5.92 Å². The number of hydrogen-bond acceptors (Lipinski definition) is 4. The molecule has 3 rings (SSSR count). The second kappa shape index (κ2) is 11.3. The summed E-state index contributed by atoms with van der Waals surface area (Å²) < 4.78 is 0. The number of carbonyl (C=O) groups is 2. The van der Waals surface area contributed by atoms with Gasteiger partial charge in [-0.1, -0.05) is 49.4 Å². The van der Waals surface area contributed by atoms with E-state index in [0.717, 1.165) is 37.0 Å². The van der Waals surface area contributed by atoms with Crippen LogP contribution in [0.1, 0.15) is 52.7 Å². The number of thiophene rings is 1. The van der Waals surface area contributed by atoms with Crippen LogP contribution in [-0.2, 0) is 17.6 Å². The Kier molecular flexibility index (Phi) is 8.43. The van der Waals surface area contributed by atoms with E-state index in [1.165, 1.54) is 16.9 Å². The lowest BCUT2D eigenvalue weighted by Crippen LogP contribution is -2.33. The van der Waals surface area contributed by atoms with Crippen LogP contribution in [0.15, 0.2) is 54.6 Å². The van der Waals surface area contributed by atoms with Crippen molar-refractivity contribution in [3.63, 3.8) is 0 Å². The smallest absolute Gasteiger partial charge is 0.345 e. The zero-order valence-electron chi connectivity index (χ0n) is 17.9. The van der Waals surface area contributed by atoms with Crippen molar-refractivity contribution in [2.45, 2.75) is 57.6 Å². The van der Waals surface area contributed by atoms with Crippen LogP contribution in [0.5, 0.6) is 0 Å². The molecule has 1 aliphatic rings. The third-order valence-corrected chi connectivity index (χ3v) is 7.05.